The third kappa shape index (κ3) is 6.45. The summed E-state index contributed by atoms with van der Waals surface area (Å²) in [7, 11) is -2.19. The summed E-state index contributed by atoms with van der Waals surface area (Å²) in [4.78, 5) is 16.2. The Morgan fingerprint density at radius 1 is 1.26 bits per heavy atom. The number of methoxy groups -OCH3 is 1. The van der Waals surface area contributed by atoms with Crippen molar-refractivity contribution in [3.8, 4) is 17.6 Å². The number of carbonyl (C=O) groups excluding carboxylic acids is 1. The normalized spacial score (nSPS) is 11.6. The predicted molar refractivity (Wildman–Crippen MR) is 129 cm³/mol. The van der Waals surface area contributed by atoms with E-state index in [-0.39, 0.29) is 22.3 Å². The van der Waals surface area contributed by atoms with Gasteiger partial charge in [-0.1, -0.05) is 35.3 Å². The minimum absolute atomic E-state index is 0.0619. The average molecular weight is 539 g/mol. The van der Waals surface area contributed by atoms with E-state index in [4.69, 9.17) is 32.7 Å². The van der Waals surface area contributed by atoms with Gasteiger partial charge in [-0.05, 0) is 41.5 Å². The molecule has 0 unspecified atom stereocenters. The highest BCUT2D eigenvalue weighted by atomic mass is 35.5. The smallest absolute Gasteiger partial charge is 0.268 e. The molecule has 1 amide bonds. The molecule has 0 aliphatic heterocycles. The van der Waals surface area contributed by atoms with Crippen LogP contribution in [0.4, 0.5) is 5.13 Å². The first kappa shape index (κ1) is 25.5. The second-order valence-electron chi connectivity index (χ2n) is 6.73. The van der Waals surface area contributed by atoms with Gasteiger partial charge in [-0.2, -0.15) is 14.6 Å². The van der Waals surface area contributed by atoms with Crippen LogP contribution in [-0.4, -0.2) is 37.0 Å². The van der Waals surface area contributed by atoms with E-state index in [0.29, 0.717) is 33.6 Å². The molecule has 0 fully saturated rings. The van der Waals surface area contributed by atoms with Crippen molar-refractivity contribution < 1.29 is 22.7 Å². The van der Waals surface area contributed by atoms with Crippen molar-refractivity contribution >= 4 is 61.7 Å². The number of carbonyl (C=O) groups is 1. The minimum atomic E-state index is -3.62. The lowest BCUT2D eigenvalue weighted by atomic mass is 10.1. The molecular formula is C21H16Cl2N4O5S2. The Hall–Kier alpha value is -3.17. The number of sulfone groups is 1. The van der Waals surface area contributed by atoms with E-state index in [1.165, 1.54) is 19.3 Å². The Morgan fingerprint density at radius 3 is 2.56 bits per heavy atom. The Labute approximate surface area is 209 Å². The fraction of sp³-hybridized carbons (Fsp3) is 0.143. The van der Waals surface area contributed by atoms with Crippen LogP contribution < -0.4 is 14.8 Å². The minimum Gasteiger partial charge on any atom is -0.493 e. The molecule has 3 aromatic rings. The van der Waals surface area contributed by atoms with Gasteiger partial charge in [-0.3, -0.25) is 10.1 Å². The Bertz CT molecular complexity index is 1400. The highest BCUT2D eigenvalue weighted by Gasteiger charge is 2.18. The molecule has 0 aliphatic rings. The van der Waals surface area contributed by atoms with E-state index < -0.39 is 20.9 Å². The highest BCUT2D eigenvalue weighted by molar-refractivity contribution is 7.90. The molecule has 1 N–H and O–H groups in total. The number of anilines is 1. The highest BCUT2D eigenvalue weighted by Crippen LogP contribution is 2.37. The fourth-order valence-electron chi connectivity index (χ4n) is 2.59. The molecule has 0 bridgehead atoms. The van der Waals surface area contributed by atoms with Crippen molar-refractivity contribution in [2.75, 3.05) is 18.7 Å². The number of rotatable bonds is 8. The maximum Gasteiger partial charge on any atom is 0.268 e. The zero-order valence-electron chi connectivity index (χ0n) is 17.7. The van der Waals surface area contributed by atoms with Gasteiger partial charge in [0.25, 0.3) is 11.1 Å². The summed E-state index contributed by atoms with van der Waals surface area (Å²) in [6.07, 6.45) is 2.24. The van der Waals surface area contributed by atoms with Crippen LogP contribution in [0.2, 0.25) is 10.0 Å². The molecule has 0 saturated carbocycles. The first-order valence-electron chi connectivity index (χ1n) is 9.32. The molecule has 0 spiro atoms. The number of nitrogens with one attached hydrogen (secondary N) is 1. The number of halogens is 2. The molecule has 0 saturated heterocycles. The molecular weight excluding hydrogens is 523 g/mol. The van der Waals surface area contributed by atoms with Gasteiger partial charge in [0.05, 0.1) is 12.1 Å². The van der Waals surface area contributed by atoms with E-state index in [0.717, 1.165) is 11.8 Å². The molecule has 0 atom stereocenters. The number of ether oxygens (including phenoxy) is 2. The van der Waals surface area contributed by atoms with Crippen molar-refractivity contribution in [1.82, 2.24) is 9.36 Å². The number of benzene rings is 2. The standard InChI is InChI=1S/C21H16Cl2N4O5S2/c1-31-17-9-13(8-16(23)18(17)32-11-12-3-5-15(22)6-4-12)7-14(10-24)19(28)25-20-26-21(27-33-20)34(2,29)30/h3-9H,11H2,1-2H3,(H,25,26,27,28). The van der Waals surface area contributed by atoms with Crippen LogP contribution in [0.3, 0.4) is 0 Å². The van der Waals surface area contributed by atoms with Crippen LogP contribution in [0.1, 0.15) is 11.1 Å². The second-order valence-corrected chi connectivity index (χ2v) is 10.2. The Balaban J connectivity index is 1.80. The largest absolute Gasteiger partial charge is 0.493 e. The molecule has 1 aromatic heterocycles. The fourth-order valence-corrected chi connectivity index (χ4v) is 4.43. The second kappa shape index (κ2) is 10.8. The van der Waals surface area contributed by atoms with E-state index in [9.17, 15) is 18.5 Å². The topological polar surface area (TPSA) is 131 Å². The molecule has 0 radical (unpaired) electrons. The third-order valence-corrected chi connectivity index (χ3v) is 6.31. The van der Waals surface area contributed by atoms with Crippen molar-refractivity contribution in [1.29, 1.82) is 5.26 Å². The lowest BCUT2D eigenvalue weighted by Crippen LogP contribution is -2.13. The summed E-state index contributed by atoms with van der Waals surface area (Å²) in [5.41, 5.74) is 0.996. The van der Waals surface area contributed by atoms with Crippen LogP contribution in [0, 0.1) is 11.3 Å². The third-order valence-electron chi connectivity index (χ3n) is 4.18. The van der Waals surface area contributed by atoms with E-state index in [1.807, 2.05) is 12.1 Å². The molecule has 1 heterocycles. The summed E-state index contributed by atoms with van der Waals surface area (Å²) in [6, 6.07) is 12.0. The van der Waals surface area contributed by atoms with E-state index >= 15 is 0 Å². The van der Waals surface area contributed by atoms with Crippen LogP contribution in [0.25, 0.3) is 6.08 Å². The summed E-state index contributed by atoms with van der Waals surface area (Å²) >= 11 is 12.9. The molecule has 34 heavy (non-hydrogen) atoms. The van der Waals surface area contributed by atoms with Gasteiger partial charge in [0, 0.05) is 22.8 Å². The maximum absolute atomic E-state index is 12.5. The van der Waals surface area contributed by atoms with E-state index in [1.54, 1.807) is 24.3 Å². The monoisotopic (exact) mass is 538 g/mol. The molecule has 176 valence electrons. The van der Waals surface area contributed by atoms with Gasteiger partial charge in [0.2, 0.25) is 15.0 Å². The van der Waals surface area contributed by atoms with Crippen molar-refractivity contribution in [2.24, 2.45) is 0 Å². The van der Waals surface area contributed by atoms with Gasteiger partial charge in [0.15, 0.2) is 11.5 Å². The Morgan fingerprint density at radius 2 is 1.97 bits per heavy atom. The van der Waals surface area contributed by atoms with Gasteiger partial charge in [0.1, 0.15) is 18.2 Å². The first-order valence-corrected chi connectivity index (χ1v) is 12.7. The van der Waals surface area contributed by atoms with Crippen molar-refractivity contribution in [3.05, 3.63) is 63.1 Å². The lowest BCUT2D eigenvalue weighted by molar-refractivity contribution is -0.112. The number of nitrogens with zero attached hydrogens (tertiary/aromatic N) is 3. The van der Waals surface area contributed by atoms with Crippen LogP contribution >= 0.6 is 34.7 Å². The summed E-state index contributed by atoms with van der Waals surface area (Å²) in [6.45, 7) is 0.214. The quantitative estimate of drug-likeness (QED) is 0.330. The molecule has 9 nitrogen and oxygen atoms in total. The predicted octanol–water partition coefficient (Wildman–Crippen LogP) is 4.38. The lowest BCUT2D eigenvalue weighted by Gasteiger charge is -2.13. The zero-order valence-corrected chi connectivity index (χ0v) is 20.8. The van der Waals surface area contributed by atoms with Crippen LogP contribution in [-0.2, 0) is 21.2 Å². The van der Waals surface area contributed by atoms with Crippen molar-refractivity contribution in [3.63, 3.8) is 0 Å². The molecule has 13 heteroatoms. The SMILES string of the molecule is COc1cc(C=C(C#N)C(=O)Nc2nc(S(C)(=O)=O)ns2)cc(Cl)c1OCc1ccc(Cl)cc1. The number of hydrogen-bond acceptors (Lipinski definition) is 9. The Kier molecular flexibility index (Phi) is 8.11. The summed E-state index contributed by atoms with van der Waals surface area (Å²) in [5.74, 6) is -0.203. The average Bonchev–Trinajstić information content (AvgIpc) is 3.26. The van der Waals surface area contributed by atoms with Crippen LogP contribution in [0.15, 0.2) is 47.1 Å². The van der Waals surface area contributed by atoms with Crippen LogP contribution in [0.5, 0.6) is 11.5 Å². The summed E-state index contributed by atoms with van der Waals surface area (Å²) < 4.78 is 37.8. The van der Waals surface area contributed by atoms with E-state index in [2.05, 4.69) is 14.7 Å². The first-order chi connectivity index (χ1) is 16.1. The van der Waals surface area contributed by atoms with Gasteiger partial charge < -0.3 is 9.47 Å². The van der Waals surface area contributed by atoms with Crippen molar-refractivity contribution in [2.45, 2.75) is 11.8 Å². The number of nitriles is 1. The summed E-state index contributed by atoms with van der Waals surface area (Å²) in [5, 5.41) is 12.1. The zero-order chi connectivity index (χ0) is 24.9. The van der Waals surface area contributed by atoms with Gasteiger partial charge in [-0.25, -0.2) is 8.42 Å². The number of hydrogen-bond donors (Lipinski definition) is 1. The number of amides is 1. The molecule has 2 aromatic carbocycles. The maximum atomic E-state index is 12.5. The molecule has 0 aliphatic carbocycles. The molecule has 3 rings (SSSR count). The van der Waals surface area contributed by atoms with Gasteiger partial charge in [-0.15, -0.1) is 0 Å². The number of aromatic nitrogens is 2. The van der Waals surface area contributed by atoms with Gasteiger partial charge >= 0.3 is 0 Å².